The molecule has 124 valence electrons. The van der Waals surface area contributed by atoms with Crippen LogP contribution < -0.4 is 0 Å². The quantitative estimate of drug-likeness (QED) is 0.632. The van der Waals surface area contributed by atoms with Gasteiger partial charge in [-0.3, -0.25) is 0 Å². The number of fused-ring (bicyclic) bond motifs is 1. The molecule has 24 heavy (non-hydrogen) atoms. The lowest BCUT2D eigenvalue weighted by Crippen LogP contribution is -1.99. The molecular weight excluding hydrogens is 292 g/mol. The summed E-state index contributed by atoms with van der Waals surface area (Å²) in [6.45, 7) is 6.61. The Morgan fingerprint density at radius 3 is 2.29 bits per heavy atom. The summed E-state index contributed by atoms with van der Waals surface area (Å²) in [7, 11) is 0. The molecule has 0 fully saturated rings. The van der Waals surface area contributed by atoms with E-state index < -0.39 is 0 Å². The van der Waals surface area contributed by atoms with Crippen LogP contribution in [0.1, 0.15) is 48.7 Å². The minimum Gasteiger partial charge on any atom is -0.241 e. The highest BCUT2D eigenvalue weighted by Crippen LogP contribution is 2.20. The fraction of sp³-hybridized carbons (Fsp3) is 0.364. The van der Waals surface area contributed by atoms with Gasteiger partial charge in [0, 0.05) is 5.39 Å². The van der Waals surface area contributed by atoms with E-state index in [1.807, 2.05) is 0 Å². The summed E-state index contributed by atoms with van der Waals surface area (Å²) in [5.74, 6) is 0. The van der Waals surface area contributed by atoms with Crippen molar-refractivity contribution in [3.63, 3.8) is 0 Å². The van der Waals surface area contributed by atoms with Gasteiger partial charge in [-0.25, -0.2) is 9.97 Å². The van der Waals surface area contributed by atoms with Crippen molar-refractivity contribution in [3.05, 3.63) is 70.7 Å². The number of hydrogen-bond acceptors (Lipinski definition) is 2. The van der Waals surface area contributed by atoms with Crippen molar-refractivity contribution >= 4 is 10.9 Å². The third kappa shape index (κ3) is 3.48. The van der Waals surface area contributed by atoms with Gasteiger partial charge in [0.15, 0.2) is 0 Å². The van der Waals surface area contributed by atoms with Crippen LogP contribution in [0.3, 0.4) is 0 Å². The highest BCUT2D eigenvalue weighted by Gasteiger charge is 2.06. The van der Waals surface area contributed by atoms with Gasteiger partial charge in [0.05, 0.1) is 11.2 Å². The first-order chi connectivity index (χ1) is 11.7. The Bertz CT molecular complexity index is 836. The van der Waals surface area contributed by atoms with Gasteiger partial charge < -0.3 is 0 Å². The van der Waals surface area contributed by atoms with Crippen molar-refractivity contribution in [2.24, 2.45) is 0 Å². The molecule has 0 N–H and O–H groups in total. The molecular formula is C22H26N2. The first-order valence-corrected chi connectivity index (χ1v) is 9.08. The standard InChI is InChI=1S/C22H26N2/c1-4-16-7-10-18(5-2)19(13-16)11-8-17-9-12-22-20(14-17)21(6-3)23-15-24-22/h7,9-10,12-15H,4-6,8,11H2,1-3H3. The minimum absolute atomic E-state index is 0.945. The molecule has 0 saturated heterocycles. The molecule has 0 aliphatic carbocycles. The number of hydrogen-bond donors (Lipinski definition) is 0. The summed E-state index contributed by atoms with van der Waals surface area (Å²) < 4.78 is 0. The van der Waals surface area contributed by atoms with E-state index in [9.17, 15) is 0 Å². The molecule has 0 radical (unpaired) electrons. The van der Waals surface area contributed by atoms with Crippen LogP contribution in [0.25, 0.3) is 10.9 Å². The average Bonchev–Trinajstić information content (AvgIpc) is 2.65. The molecule has 0 bridgehead atoms. The van der Waals surface area contributed by atoms with Crippen molar-refractivity contribution < 1.29 is 0 Å². The molecule has 2 aromatic carbocycles. The van der Waals surface area contributed by atoms with Crippen LogP contribution in [0, 0.1) is 0 Å². The van der Waals surface area contributed by atoms with E-state index >= 15 is 0 Å². The summed E-state index contributed by atoms with van der Waals surface area (Å²) >= 11 is 0. The largest absolute Gasteiger partial charge is 0.241 e. The lowest BCUT2D eigenvalue weighted by Gasteiger charge is -2.11. The molecule has 0 aliphatic rings. The zero-order chi connectivity index (χ0) is 16.9. The van der Waals surface area contributed by atoms with Crippen LogP contribution in [0.2, 0.25) is 0 Å². The predicted molar refractivity (Wildman–Crippen MR) is 102 cm³/mol. The van der Waals surface area contributed by atoms with Crippen molar-refractivity contribution in [3.8, 4) is 0 Å². The molecule has 0 atom stereocenters. The first kappa shape index (κ1) is 16.6. The molecule has 0 unspecified atom stereocenters. The second kappa shape index (κ2) is 7.57. The van der Waals surface area contributed by atoms with Gasteiger partial charge in [-0.15, -0.1) is 0 Å². The fourth-order valence-electron chi connectivity index (χ4n) is 3.35. The number of aryl methyl sites for hydroxylation is 5. The zero-order valence-electron chi connectivity index (χ0n) is 15.0. The van der Waals surface area contributed by atoms with Crippen molar-refractivity contribution in [2.75, 3.05) is 0 Å². The lowest BCUT2D eigenvalue weighted by molar-refractivity contribution is 0.923. The molecule has 0 saturated carbocycles. The molecule has 1 heterocycles. The number of benzene rings is 2. The van der Waals surface area contributed by atoms with Gasteiger partial charge in [0.1, 0.15) is 6.33 Å². The maximum atomic E-state index is 4.42. The van der Waals surface area contributed by atoms with Crippen LogP contribution in [-0.4, -0.2) is 9.97 Å². The summed E-state index contributed by atoms with van der Waals surface area (Å²) in [5, 5.41) is 1.20. The highest BCUT2D eigenvalue weighted by atomic mass is 14.8. The molecule has 1 aromatic heterocycles. The predicted octanol–water partition coefficient (Wildman–Crippen LogP) is 5.10. The molecule has 0 aliphatic heterocycles. The van der Waals surface area contributed by atoms with E-state index in [1.54, 1.807) is 6.33 Å². The van der Waals surface area contributed by atoms with Crippen LogP contribution in [0.5, 0.6) is 0 Å². The van der Waals surface area contributed by atoms with Crippen molar-refractivity contribution in [1.82, 2.24) is 9.97 Å². The molecule has 2 heteroatoms. The summed E-state index contributed by atoms with van der Waals surface area (Å²) in [4.78, 5) is 8.81. The fourth-order valence-corrected chi connectivity index (χ4v) is 3.35. The highest BCUT2D eigenvalue weighted by molar-refractivity contribution is 5.81. The molecule has 3 aromatic rings. The van der Waals surface area contributed by atoms with Crippen molar-refractivity contribution in [2.45, 2.75) is 52.9 Å². The second-order valence-corrected chi connectivity index (χ2v) is 6.34. The average molecular weight is 318 g/mol. The zero-order valence-corrected chi connectivity index (χ0v) is 15.0. The Morgan fingerprint density at radius 2 is 1.54 bits per heavy atom. The molecule has 0 spiro atoms. The summed E-state index contributed by atoms with van der Waals surface area (Å²) in [5.41, 5.74) is 7.97. The van der Waals surface area contributed by atoms with Gasteiger partial charge in [-0.2, -0.15) is 0 Å². The number of nitrogens with zero attached hydrogens (tertiary/aromatic N) is 2. The lowest BCUT2D eigenvalue weighted by atomic mass is 9.95. The summed E-state index contributed by atoms with van der Waals surface area (Å²) in [6, 6.07) is 13.6. The number of aromatic nitrogens is 2. The SMILES string of the molecule is CCc1ccc(CC)c(CCc2ccc3ncnc(CC)c3c2)c1. The van der Waals surface area contributed by atoms with Crippen molar-refractivity contribution in [1.29, 1.82) is 0 Å². The van der Waals surface area contributed by atoms with Gasteiger partial charge in [-0.1, -0.05) is 45.0 Å². The smallest absolute Gasteiger partial charge is 0.116 e. The van der Waals surface area contributed by atoms with E-state index in [2.05, 4.69) is 67.1 Å². The van der Waals surface area contributed by atoms with E-state index in [4.69, 9.17) is 0 Å². The Morgan fingerprint density at radius 1 is 0.708 bits per heavy atom. The Hall–Kier alpha value is -2.22. The Labute approximate surface area is 145 Å². The molecule has 0 amide bonds. The third-order valence-electron chi connectivity index (χ3n) is 4.86. The molecule has 2 nitrogen and oxygen atoms in total. The van der Waals surface area contributed by atoms with Crippen LogP contribution in [0.15, 0.2) is 42.7 Å². The van der Waals surface area contributed by atoms with Crippen LogP contribution in [-0.2, 0) is 32.1 Å². The third-order valence-corrected chi connectivity index (χ3v) is 4.86. The minimum atomic E-state index is 0.945. The topological polar surface area (TPSA) is 25.8 Å². The Kier molecular flexibility index (Phi) is 5.24. The van der Waals surface area contributed by atoms with E-state index in [0.717, 1.165) is 43.3 Å². The Balaban J connectivity index is 1.85. The van der Waals surface area contributed by atoms with Crippen LogP contribution >= 0.6 is 0 Å². The van der Waals surface area contributed by atoms with Crippen LogP contribution in [0.4, 0.5) is 0 Å². The van der Waals surface area contributed by atoms with E-state index in [-0.39, 0.29) is 0 Å². The van der Waals surface area contributed by atoms with Gasteiger partial charge in [0.25, 0.3) is 0 Å². The monoisotopic (exact) mass is 318 g/mol. The van der Waals surface area contributed by atoms with Gasteiger partial charge in [0.2, 0.25) is 0 Å². The second-order valence-electron chi connectivity index (χ2n) is 6.34. The van der Waals surface area contributed by atoms with Gasteiger partial charge in [-0.05, 0) is 66.5 Å². The first-order valence-electron chi connectivity index (χ1n) is 9.08. The normalized spacial score (nSPS) is 11.1. The summed E-state index contributed by atoms with van der Waals surface area (Å²) in [6.07, 6.45) is 6.98. The van der Waals surface area contributed by atoms with E-state index in [0.29, 0.717) is 0 Å². The van der Waals surface area contributed by atoms with Gasteiger partial charge >= 0.3 is 0 Å². The molecule has 3 rings (SSSR count). The maximum Gasteiger partial charge on any atom is 0.116 e. The maximum absolute atomic E-state index is 4.42. The number of rotatable bonds is 6. The van der Waals surface area contributed by atoms with E-state index in [1.165, 1.54) is 27.6 Å².